The van der Waals surface area contributed by atoms with Gasteiger partial charge in [-0.05, 0) is 31.2 Å². The second-order valence-electron chi connectivity index (χ2n) is 4.31. The van der Waals surface area contributed by atoms with E-state index in [1.807, 2.05) is 0 Å². The zero-order valence-electron chi connectivity index (χ0n) is 11.2. The number of aromatic nitrogens is 1. The average molecular weight is 396 g/mol. The van der Waals surface area contributed by atoms with Gasteiger partial charge in [-0.2, -0.15) is 0 Å². The molecular formula is C14H10Cl4N2OS. The summed E-state index contributed by atoms with van der Waals surface area (Å²) >= 11 is 25.1. The van der Waals surface area contributed by atoms with Crippen LogP contribution in [-0.4, -0.2) is 16.1 Å². The summed E-state index contributed by atoms with van der Waals surface area (Å²) in [6.45, 7) is 1.75. The molecule has 2 rings (SSSR count). The number of halogens is 4. The van der Waals surface area contributed by atoms with E-state index in [0.29, 0.717) is 15.1 Å². The van der Waals surface area contributed by atoms with Gasteiger partial charge in [-0.25, -0.2) is 4.98 Å². The molecule has 1 aromatic carbocycles. The van der Waals surface area contributed by atoms with E-state index in [1.165, 1.54) is 24.0 Å². The minimum Gasteiger partial charge on any atom is -0.308 e. The fourth-order valence-corrected chi connectivity index (χ4v) is 3.37. The van der Waals surface area contributed by atoms with Crippen LogP contribution in [0.3, 0.4) is 0 Å². The van der Waals surface area contributed by atoms with Gasteiger partial charge in [0.1, 0.15) is 0 Å². The van der Waals surface area contributed by atoms with Crippen molar-refractivity contribution in [1.29, 1.82) is 0 Å². The number of amides is 1. The molecule has 0 aliphatic rings. The molecule has 116 valence electrons. The van der Waals surface area contributed by atoms with Crippen LogP contribution in [0.1, 0.15) is 6.92 Å². The van der Waals surface area contributed by atoms with E-state index in [4.69, 9.17) is 46.4 Å². The molecule has 0 radical (unpaired) electrons. The van der Waals surface area contributed by atoms with Gasteiger partial charge in [0, 0.05) is 16.1 Å². The van der Waals surface area contributed by atoms with Crippen LogP contribution in [0.25, 0.3) is 0 Å². The predicted octanol–water partition coefficient (Wildman–Crippen LogP) is 5.81. The minimum absolute atomic E-state index is 0.252. The van der Waals surface area contributed by atoms with Crippen molar-refractivity contribution in [2.45, 2.75) is 17.1 Å². The Kier molecular flexibility index (Phi) is 6.24. The molecule has 1 N–H and O–H groups in total. The highest BCUT2D eigenvalue weighted by Crippen LogP contribution is 2.33. The lowest BCUT2D eigenvalue weighted by Crippen LogP contribution is -2.23. The second-order valence-corrected chi connectivity index (χ2v) is 7.38. The molecule has 8 heteroatoms. The van der Waals surface area contributed by atoms with Gasteiger partial charge in [-0.1, -0.05) is 46.4 Å². The molecule has 1 atom stereocenters. The van der Waals surface area contributed by atoms with Gasteiger partial charge in [0.25, 0.3) is 0 Å². The van der Waals surface area contributed by atoms with E-state index < -0.39 is 5.25 Å². The third kappa shape index (κ3) is 4.67. The number of pyridine rings is 1. The molecular weight excluding hydrogens is 386 g/mol. The molecule has 2 aromatic rings. The lowest BCUT2D eigenvalue weighted by molar-refractivity contribution is -0.115. The monoisotopic (exact) mass is 394 g/mol. The Labute approximate surface area is 152 Å². The van der Waals surface area contributed by atoms with Gasteiger partial charge in [0.2, 0.25) is 5.91 Å². The molecule has 0 saturated carbocycles. The number of rotatable bonds is 4. The molecule has 1 heterocycles. The smallest absolute Gasteiger partial charge is 0.238 e. The summed E-state index contributed by atoms with van der Waals surface area (Å²) in [5.41, 5.74) is 0. The Hall–Kier alpha value is -0.650. The fourth-order valence-electron chi connectivity index (χ4n) is 1.54. The van der Waals surface area contributed by atoms with Crippen LogP contribution in [0.4, 0.5) is 5.82 Å². The van der Waals surface area contributed by atoms with Crippen LogP contribution < -0.4 is 5.32 Å². The molecule has 1 amide bonds. The summed E-state index contributed by atoms with van der Waals surface area (Å²) in [7, 11) is 0. The minimum atomic E-state index is -0.412. The van der Waals surface area contributed by atoms with Gasteiger partial charge in [0.15, 0.2) is 5.82 Å². The highest BCUT2D eigenvalue weighted by atomic mass is 35.5. The van der Waals surface area contributed by atoms with Crippen LogP contribution >= 0.6 is 58.2 Å². The summed E-state index contributed by atoms with van der Waals surface area (Å²) in [5, 5.41) is 4.01. The molecule has 1 unspecified atom stereocenters. The lowest BCUT2D eigenvalue weighted by atomic mass is 10.4. The zero-order chi connectivity index (χ0) is 16.3. The Morgan fingerprint density at radius 1 is 1.14 bits per heavy atom. The SMILES string of the molecule is CC(Sc1cc(Cl)ccc1Cl)C(=O)Nc1ncc(Cl)cc1Cl. The number of hydrogen-bond donors (Lipinski definition) is 1. The van der Waals surface area contributed by atoms with Crippen LogP contribution in [0, 0.1) is 0 Å². The lowest BCUT2D eigenvalue weighted by Gasteiger charge is -2.13. The predicted molar refractivity (Wildman–Crippen MR) is 94.7 cm³/mol. The quantitative estimate of drug-likeness (QED) is 0.663. The van der Waals surface area contributed by atoms with Crippen molar-refractivity contribution >= 4 is 69.9 Å². The fraction of sp³-hybridized carbons (Fsp3) is 0.143. The number of nitrogens with one attached hydrogen (secondary N) is 1. The third-order valence-electron chi connectivity index (χ3n) is 2.62. The molecule has 22 heavy (non-hydrogen) atoms. The zero-order valence-corrected chi connectivity index (χ0v) is 15.1. The highest BCUT2D eigenvalue weighted by molar-refractivity contribution is 8.00. The number of carbonyl (C=O) groups excluding carboxylic acids is 1. The number of hydrogen-bond acceptors (Lipinski definition) is 3. The first-order valence-corrected chi connectivity index (χ1v) is 8.49. The first-order chi connectivity index (χ1) is 10.4. The number of carbonyl (C=O) groups is 1. The summed E-state index contributed by atoms with van der Waals surface area (Å²) in [4.78, 5) is 16.9. The first kappa shape index (κ1) is 17.7. The van der Waals surface area contributed by atoms with E-state index in [-0.39, 0.29) is 16.7 Å². The second kappa shape index (κ2) is 7.75. The maximum atomic E-state index is 12.2. The van der Waals surface area contributed by atoms with Crippen LogP contribution in [0.15, 0.2) is 35.4 Å². The molecule has 0 saturated heterocycles. The van der Waals surface area contributed by atoms with Crippen molar-refractivity contribution in [3.8, 4) is 0 Å². The Balaban J connectivity index is 2.07. The molecule has 0 bridgehead atoms. The standard InChI is InChI=1S/C14H10Cl4N2OS/c1-7(22-12-5-8(15)2-3-10(12)17)14(21)20-13-11(18)4-9(16)6-19-13/h2-7H,1H3,(H,19,20,21). The molecule has 0 aliphatic heterocycles. The van der Waals surface area contributed by atoms with Gasteiger partial charge in [0.05, 0.1) is 20.3 Å². The number of nitrogens with zero attached hydrogens (tertiary/aromatic N) is 1. The van der Waals surface area contributed by atoms with Crippen molar-refractivity contribution in [1.82, 2.24) is 4.98 Å². The van der Waals surface area contributed by atoms with Crippen molar-refractivity contribution in [2.24, 2.45) is 0 Å². The van der Waals surface area contributed by atoms with E-state index in [1.54, 1.807) is 25.1 Å². The van der Waals surface area contributed by atoms with Gasteiger partial charge in [-0.15, -0.1) is 11.8 Å². The normalized spacial score (nSPS) is 12.0. The summed E-state index contributed by atoms with van der Waals surface area (Å²) < 4.78 is 0. The Bertz CT molecular complexity index is 711. The van der Waals surface area contributed by atoms with Crippen molar-refractivity contribution in [3.05, 3.63) is 50.6 Å². The topological polar surface area (TPSA) is 42.0 Å². The maximum absolute atomic E-state index is 12.2. The first-order valence-electron chi connectivity index (χ1n) is 6.10. The molecule has 0 spiro atoms. The number of benzene rings is 1. The third-order valence-corrected chi connectivity index (χ3v) is 4.95. The van der Waals surface area contributed by atoms with Crippen molar-refractivity contribution in [2.75, 3.05) is 5.32 Å². The van der Waals surface area contributed by atoms with E-state index in [0.717, 1.165) is 4.90 Å². The molecule has 0 fully saturated rings. The number of anilines is 1. The number of thioether (sulfide) groups is 1. The van der Waals surface area contributed by atoms with E-state index >= 15 is 0 Å². The van der Waals surface area contributed by atoms with Crippen LogP contribution in [0.2, 0.25) is 20.1 Å². The molecule has 0 aliphatic carbocycles. The highest BCUT2D eigenvalue weighted by Gasteiger charge is 2.18. The van der Waals surface area contributed by atoms with Gasteiger partial charge in [-0.3, -0.25) is 4.79 Å². The Morgan fingerprint density at radius 2 is 1.86 bits per heavy atom. The van der Waals surface area contributed by atoms with Gasteiger partial charge < -0.3 is 5.32 Å². The largest absolute Gasteiger partial charge is 0.308 e. The van der Waals surface area contributed by atoms with Crippen molar-refractivity contribution < 1.29 is 4.79 Å². The van der Waals surface area contributed by atoms with Gasteiger partial charge >= 0.3 is 0 Å². The molecule has 3 nitrogen and oxygen atoms in total. The van der Waals surface area contributed by atoms with E-state index in [2.05, 4.69) is 10.3 Å². The summed E-state index contributed by atoms with van der Waals surface area (Å²) in [5.74, 6) is 0.0125. The Morgan fingerprint density at radius 3 is 2.55 bits per heavy atom. The van der Waals surface area contributed by atoms with Crippen molar-refractivity contribution in [3.63, 3.8) is 0 Å². The molecule has 1 aromatic heterocycles. The average Bonchev–Trinajstić information content (AvgIpc) is 2.45. The summed E-state index contributed by atoms with van der Waals surface area (Å²) in [6.07, 6.45) is 1.41. The van der Waals surface area contributed by atoms with Crippen LogP contribution in [0.5, 0.6) is 0 Å². The summed E-state index contributed by atoms with van der Waals surface area (Å²) in [6, 6.07) is 6.60. The van der Waals surface area contributed by atoms with Crippen LogP contribution in [-0.2, 0) is 4.79 Å². The van der Waals surface area contributed by atoms with E-state index in [9.17, 15) is 4.79 Å². The maximum Gasteiger partial charge on any atom is 0.238 e.